The van der Waals surface area contributed by atoms with Crippen LogP contribution < -0.4 is 5.32 Å². The van der Waals surface area contributed by atoms with Crippen LogP contribution in [-0.2, 0) is 13.6 Å². The highest BCUT2D eigenvalue weighted by Crippen LogP contribution is 2.33. The van der Waals surface area contributed by atoms with Crippen molar-refractivity contribution in [2.45, 2.75) is 59.0 Å². The number of aryl methyl sites for hydroxylation is 1. The summed E-state index contributed by atoms with van der Waals surface area (Å²) in [6, 6.07) is 0.619. The molecule has 1 N–H and O–H groups in total. The molecule has 1 saturated heterocycles. The summed E-state index contributed by atoms with van der Waals surface area (Å²) in [5.74, 6) is 2.91. The quantitative estimate of drug-likeness (QED) is 0.681. The molecule has 2 aliphatic rings. The van der Waals surface area contributed by atoms with E-state index in [0.717, 1.165) is 30.7 Å². The predicted molar refractivity (Wildman–Crippen MR) is 87.6 cm³/mol. The average Bonchev–Trinajstić information content (AvgIpc) is 3.17. The minimum absolute atomic E-state index is 0.424. The molecule has 1 aromatic heterocycles. The zero-order valence-corrected chi connectivity index (χ0v) is 14.3. The van der Waals surface area contributed by atoms with Gasteiger partial charge in [0.15, 0.2) is 11.8 Å². The van der Waals surface area contributed by atoms with Gasteiger partial charge < -0.3 is 14.8 Å². The lowest BCUT2D eigenvalue weighted by atomic mass is 9.87. The summed E-state index contributed by atoms with van der Waals surface area (Å²) in [5, 5.41) is 11.9. The van der Waals surface area contributed by atoms with Crippen LogP contribution in [0.4, 0.5) is 0 Å². The molecule has 0 aromatic carbocycles. The van der Waals surface area contributed by atoms with E-state index >= 15 is 0 Å². The largest absolute Gasteiger partial charge is 0.353 e. The molecule has 2 fully saturated rings. The van der Waals surface area contributed by atoms with Gasteiger partial charge in [0.1, 0.15) is 12.4 Å². The van der Waals surface area contributed by atoms with Crippen LogP contribution in [0, 0.1) is 12.3 Å². The summed E-state index contributed by atoms with van der Waals surface area (Å²) in [6.07, 6.45) is 5.00. The number of aliphatic imine (C=N–C) groups is 1. The maximum atomic E-state index is 4.84. The smallest absolute Gasteiger partial charge is 0.194 e. The molecule has 1 aromatic rings. The highest BCUT2D eigenvalue weighted by Gasteiger charge is 2.35. The van der Waals surface area contributed by atoms with Crippen molar-refractivity contribution in [1.82, 2.24) is 25.0 Å². The Morgan fingerprint density at radius 3 is 2.73 bits per heavy atom. The molecule has 1 aliphatic heterocycles. The van der Waals surface area contributed by atoms with Gasteiger partial charge in [-0.05, 0) is 38.0 Å². The van der Waals surface area contributed by atoms with Crippen LogP contribution in [0.2, 0.25) is 0 Å². The van der Waals surface area contributed by atoms with Crippen molar-refractivity contribution in [3.63, 3.8) is 0 Å². The van der Waals surface area contributed by atoms with E-state index in [0.29, 0.717) is 18.0 Å². The van der Waals surface area contributed by atoms with Crippen molar-refractivity contribution < 1.29 is 0 Å². The Labute approximate surface area is 133 Å². The monoisotopic (exact) mass is 304 g/mol. The van der Waals surface area contributed by atoms with Gasteiger partial charge in [-0.2, -0.15) is 0 Å². The van der Waals surface area contributed by atoms with Crippen LogP contribution in [0.25, 0.3) is 0 Å². The molecule has 2 heterocycles. The van der Waals surface area contributed by atoms with Gasteiger partial charge in [0.25, 0.3) is 0 Å². The Morgan fingerprint density at radius 2 is 2.18 bits per heavy atom. The molecule has 0 bridgehead atoms. The lowest BCUT2D eigenvalue weighted by molar-refractivity contribution is 0.321. The first-order valence-corrected chi connectivity index (χ1v) is 8.41. The van der Waals surface area contributed by atoms with Gasteiger partial charge >= 0.3 is 0 Å². The molecule has 0 radical (unpaired) electrons. The van der Waals surface area contributed by atoms with Gasteiger partial charge in [-0.25, -0.2) is 4.99 Å². The molecule has 1 saturated carbocycles. The summed E-state index contributed by atoms with van der Waals surface area (Å²) >= 11 is 0. The summed E-state index contributed by atoms with van der Waals surface area (Å²) in [5.41, 5.74) is 0.424. The van der Waals surface area contributed by atoms with E-state index in [9.17, 15) is 0 Å². The SMILES string of the molecule is CCC1(C)CCN(C(=NCc2nnc(C)n2C)NC2CC2)C1. The lowest BCUT2D eigenvalue weighted by Gasteiger charge is -2.25. The van der Waals surface area contributed by atoms with Crippen LogP contribution in [0.5, 0.6) is 0 Å². The number of guanidine groups is 1. The molecule has 6 nitrogen and oxygen atoms in total. The van der Waals surface area contributed by atoms with Crippen LogP contribution in [0.3, 0.4) is 0 Å². The normalized spacial score (nSPS) is 25.8. The molecule has 22 heavy (non-hydrogen) atoms. The number of aromatic nitrogens is 3. The molecular weight excluding hydrogens is 276 g/mol. The Morgan fingerprint density at radius 1 is 1.41 bits per heavy atom. The Balaban J connectivity index is 1.72. The zero-order chi connectivity index (χ0) is 15.7. The van der Waals surface area contributed by atoms with Gasteiger partial charge in [-0.15, -0.1) is 10.2 Å². The first kappa shape index (κ1) is 15.3. The van der Waals surface area contributed by atoms with Crippen LogP contribution in [0.1, 0.15) is 51.2 Å². The van der Waals surface area contributed by atoms with E-state index in [2.05, 4.69) is 34.3 Å². The third-order valence-electron chi connectivity index (χ3n) is 5.17. The van der Waals surface area contributed by atoms with Gasteiger partial charge in [0, 0.05) is 26.2 Å². The third kappa shape index (κ3) is 3.25. The van der Waals surface area contributed by atoms with E-state index in [1.807, 2.05) is 18.5 Å². The topological polar surface area (TPSA) is 58.3 Å². The number of nitrogens with zero attached hydrogens (tertiary/aromatic N) is 5. The molecule has 6 heteroatoms. The summed E-state index contributed by atoms with van der Waals surface area (Å²) in [7, 11) is 2.00. The van der Waals surface area contributed by atoms with Crippen molar-refractivity contribution in [2.75, 3.05) is 13.1 Å². The fourth-order valence-corrected chi connectivity index (χ4v) is 2.87. The molecule has 1 atom stereocenters. The zero-order valence-electron chi connectivity index (χ0n) is 14.3. The first-order chi connectivity index (χ1) is 10.5. The number of likely N-dealkylation sites (tertiary alicyclic amines) is 1. The Kier molecular flexibility index (Phi) is 4.10. The Hall–Kier alpha value is -1.59. The van der Waals surface area contributed by atoms with Gasteiger partial charge in [0.2, 0.25) is 0 Å². The summed E-state index contributed by atoms with van der Waals surface area (Å²) in [4.78, 5) is 7.26. The number of nitrogens with one attached hydrogen (secondary N) is 1. The molecule has 3 rings (SSSR count). The first-order valence-electron chi connectivity index (χ1n) is 8.41. The summed E-state index contributed by atoms with van der Waals surface area (Å²) < 4.78 is 2.01. The second-order valence-corrected chi connectivity index (χ2v) is 7.12. The number of rotatable bonds is 4. The molecule has 0 spiro atoms. The fraction of sp³-hybridized carbons (Fsp3) is 0.812. The van der Waals surface area contributed by atoms with Crippen LogP contribution in [-0.4, -0.2) is 44.8 Å². The standard InChI is InChI=1S/C16H28N6/c1-5-16(3)8-9-22(11-16)15(18-13-6-7-13)17-10-14-20-19-12(2)21(14)4/h13H,5-11H2,1-4H3,(H,17,18). The second kappa shape index (κ2) is 5.89. The lowest BCUT2D eigenvalue weighted by Crippen LogP contribution is -2.42. The van der Waals surface area contributed by atoms with Gasteiger partial charge in [-0.1, -0.05) is 13.8 Å². The van der Waals surface area contributed by atoms with E-state index < -0.39 is 0 Å². The molecule has 1 unspecified atom stereocenters. The summed E-state index contributed by atoms with van der Waals surface area (Å²) in [6.45, 7) is 9.42. The van der Waals surface area contributed by atoms with E-state index in [4.69, 9.17) is 4.99 Å². The van der Waals surface area contributed by atoms with Crippen molar-refractivity contribution >= 4 is 5.96 Å². The minimum atomic E-state index is 0.424. The predicted octanol–water partition coefficient (Wildman–Crippen LogP) is 1.85. The molecule has 1 aliphatic carbocycles. The van der Waals surface area contributed by atoms with Crippen molar-refractivity contribution in [2.24, 2.45) is 17.5 Å². The maximum Gasteiger partial charge on any atom is 0.194 e. The molecular formula is C16H28N6. The van der Waals surface area contributed by atoms with E-state index in [1.54, 1.807) is 0 Å². The fourth-order valence-electron chi connectivity index (χ4n) is 2.87. The number of hydrogen-bond acceptors (Lipinski definition) is 3. The molecule has 0 amide bonds. The highest BCUT2D eigenvalue weighted by molar-refractivity contribution is 5.81. The van der Waals surface area contributed by atoms with Crippen molar-refractivity contribution in [3.8, 4) is 0 Å². The van der Waals surface area contributed by atoms with Gasteiger partial charge in [-0.3, -0.25) is 0 Å². The van der Waals surface area contributed by atoms with Gasteiger partial charge in [0.05, 0.1) is 0 Å². The highest BCUT2D eigenvalue weighted by atomic mass is 15.3. The minimum Gasteiger partial charge on any atom is -0.353 e. The van der Waals surface area contributed by atoms with Crippen molar-refractivity contribution in [3.05, 3.63) is 11.6 Å². The third-order valence-corrected chi connectivity index (χ3v) is 5.17. The Bertz CT molecular complexity index is 559. The van der Waals surface area contributed by atoms with Crippen molar-refractivity contribution in [1.29, 1.82) is 0 Å². The maximum absolute atomic E-state index is 4.84. The van der Waals surface area contributed by atoms with Crippen LogP contribution >= 0.6 is 0 Å². The van der Waals surface area contributed by atoms with Crippen LogP contribution in [0.15, 0.2) is 4.99 Å². The van der Waals surface area contributed by atoms with E-state index in [1.165, 1.54) is 25.7 Å². The second-order valence-electron chi connectivity index (χ2n) is 7.12. The number of hydrogen-bond donors (Lipinski definition) is 1. The van der Waals surface area contributed by atoms with E-state index in [-0.39, 0.29) is 0 Å². The average molecular weight is 304 g/mol. The molecule has 122 valence electrons.